The second kappa shape index (κ2) is 6.62. The molecule has 2 rings (SSSR count). The molecular formula is C13H18N4O2S. The van der Waals surface area contributed by atoms with Crippen LogP contribution in [0.15, 0.2) is 18.3 Å². The highest BCUT2D eigenvalue weighted by molar-refractivity contribution is 7.80. The van der Waals surface area contributed by atoms with E-state index in [1.54, 1.807) is 18.3 Å². The Morgan fingerprint density at radius 2 is 2.15 bits per heavy atom. The van der Waals surface area contributed by atoms with Crippen LogP contribution in [0, 0.1) is 0 Å². The molecule has 2 heterocycles. The molecule has 1 aliphatic rings. The van der Waals surface area contributed by atoms with Crippen LogP contribution in [0.5, 0.6) is 0 Å². The van der Waals surface area contributed by atoms with E-state index in [4.69, 9.17) is 22.7 Å². The number of aromatic nitrogens is 1. The van der Waals surface area contributed by atoms with E-state index in [2.05, 4.69) is 14.8 Å². The number of pyridine rings is 1. The smallest absolute Gasteiger partial charge is 0.341 e. The molecule has 0 spiro atoms. The van der Waals surface area contributed by atoms with E-state index in [1.807, 2.05) is 0 Å². The van der Waals surface area contributed by atoms with Crippen molar-refractivity contribution in [3.63, 3.8) is 0 Å². The van der Waals surface area contributed by atoms with Crippen LogP contribution in [0.25, 0.3) is 0 Å². The van der Waals surface area contributed by atoms with Crippen molar-refractivity contribution >= 4 is 29.0 Å². The van der Waals surface area contributed by atoms with Crippen molar-refractivity contribution in [3.05, 3.63) is 23.9 Å². The monoisotopic (exact) mass is 294 g/mol. The first kappa shape index (κ1) is 14.7. The van der Waals surface area contributed by atoms with Gasteiger partial charge in [-0.1, -0.05) is 12.2 Å². The first-order chi connectivity index (χ1) is 9.61. The van der Waals surface area contributed by atoms with Crippen LogP contribution >= 0.6 is 12.2 Å². The van der Waals surface area contributed by atoms with E-state index in [0.29, 0.717) is 22.9 Å². The second-order valence-electron chi connectivity index (χ2n) is 4.60. The number of carbonyl (C=O) groups is 1. The summed E-state index contributed by atoms with van der Waals surface area (Å²) in [4.78, 5) is 20.9. The van der Waals surface area contributed by atoms with Gasteiger partial charge in [0.05, 0.1) is 12.1 Å². The Kier molecular flexibility index (Phi) is 4.86. The van der Waals surface area contributed by atoms with Gasteiger partial charge in [0.1, 0.15) is 11.4 Å². The Balaban J connectivity index is 2.07. The van der Waals surface area contributed by atoms with Crippen LogP contribution in [0.1, 0.15) is 10.4 Å². The first-order valence-electron chi connectivity index (χ1n) is 6.40. The topological polar surface area (TPSA) is 71.7 Å². The number of hydrogen-bond acceptors (Lipinski definition) is 6. The number of esters is 1. The number of nitrogens with zero attached hydrogens (tertiary/aromatic N) is 3. The van der Waals surface area contributed by atoms with Gasteiger partial charge < -0.3 is 15.4 Å². The molecule has 108 valence electrons. The van der Waals surface area contributed by atoms with Crippen LogP contribution < -0.4 is 10.6 Å². The van der Waals surface area contributed by atoms with E-state index < -0.39 is 0 Å². The third-order valence-corrected chi connectivity index (χ3v) is 3.37. The van der Waals surface area contributed by atoms with Gasteiger partial charge in [0.15, 0.2) is 0 Å². The molecule has 0 radical (unpaired) electrons. The molecule has 1 aromatic heterocycles. The van der Waals surface area contributed by atoms with Gasteiger partial charge in [0.25, 0.3) is 0 Å². The number of ether oxygens (including phenoxy) is 1. The molecule has 0 bridgehead atoms. The van der Waals surface area contributed by atoms with Crippen molar-refractivity contribution in [2.75, 3.05) is 44.7 Å². The van der Waals surface area contributed by atoms with Gasteiger partial charge in [-0.2, -0.15) is 0 Å². The molecule has 0 saturated carbocycles. The second-order valence-corrected chi connectivity index (χ2v) is 5.12. The molecule has 1 fully saturated rings. The zero-order chi connectivity index (χ0) is 14.5. The molecule has 0 aromatic carbocycles. The van der Waals surface area contributed by atoms with Gasteiger partial charge in [0, 0.05) is 38.9 Å². The third kappa shape index (κ3) is 3.43. The number of methoxy groups -OCH3 is 1. The number of anilines is 1. The van der Waals surface area contributed by atoms with E-state index in [0.717, 1.165) is 26.2 Å². The summed E-state index contributed by atoms with van der Waals surface area (Å²) in [5.41, 5.74) is 6.05. The van der Waals surface area contributed by atoms with Gasteiger partial charge in [0.2, 0.25) is 0 Å². The normalized spacial score (nSPS) is 15.9. The number of rotatable bonds is 4. The zero-order valence-electron chi connectivity index (χ0n) is 11.4. The molecule has 0 aliphatic carbocycles. The van der Waals surface area contributed by atoms with E-state index >= 15 is 0 Å². The maximum Gasteiger partial charge on any atom is 0.341 e. The first-order valence-corrected chi connectivity index (χ1v) is 6.81. The Bertz CT molecular complexity index is 501. The predicted molar refractivity (Wildman–Crippen MR) is 81.0 cm³/mol. The number of nitrogens with two attached hydrogens (primary N) is 1. The summed E-state index contributed by atoms with van der Waals surface area (Å²) in [5, 5.41) is 0. The summed E-state index contributed by atoms with van der Waals surface area (Å²) < 4.78 is 4.79. The summed E-state index contributed by atoms with van der Waals surface area (Å²) in [6.45, 7) is 3.88. The minimum atomic E-state index is -0.362. The fourth-order valence-electron chi connectivity index (χ4n) is 2.26. The van der Waals surface area contributed by atoms with Crippen molar-refractivity contribution in [2.45, 2.75) is 0 Å². The molecule has 2 N–H and O–H groups in total. The zero-order valence-corrected chi connectivity index (χ0v) is 12.2. The van der Waals surface area contributed by atoms with Crippen LogP contribution in [-0.4, -0.2) is 60.7 Å². The maximum atomic E-state index is 11.8. The average molecular weight is 294 g/mol. The number of piperazine rings is 1. The summed E-state index contributed by atoms with van der Waals surface area (Å²) in [5.74, 6) is 0.313. The highest BCUT2D eigenvalue weighted by Crippen LogP contribution is 2.19. The van der Waals surface area contributed by atoms with E-state index in [1.165, 1.54) is 7.11 Å². The van der Waals surface area contributed by atoms with Crippen molar-refractivity contribution < 1.29 is 9.53 Å². The van der Waals surface area contributed by atoms with Crippen LogP contribution in [0.2, 0.25) is 0 Å². The molecule has 20 heavy (non-hydrogen) atoms. The maximum absolute atomic E-state index is 11.8. The Morgan fingerprint density at radius 1 is 1.45 bits per heavy atom. The summed E-state index contributed by atoms with van der Waals surface area (Å²) in [6, 6.07) is 3.47. The fourth-order valence-corrected chi connectivity index (χ4v) is 2.44. The lowest BCUT2D eigenvalue weighted by atomic mass is 10.2. The Labute approximate surface area is 123 Å². The minimum Gasteiger partial charge on any atom is -0.465 e. The summed E-state index contributed by atoms with van der Waals surface area (Å²) in [7, 11) is 1.37. The predicted octanol–water partition coefficient (Wildman–Crippen LogP) is 0.276. The minimum absolute atomic E-state index is 0.362. The molecule has 7 heteroatoms. The SMILES string of the molecule is COC(=O)c1cccnc1N1CCN(CC(N)=S)CC1. The highest BCUT2D eigenvalue weighted by atomic mass is 32.1. The summed E-state index contributed by atoms with van der Waals surface area (Å²) in [6.07, 6.45) is 1.68. The number of thiocarbonyl (C=S) groups is 1. The lowest BCUT2D eigenvalue weighted by molar-refractivity contribution is 0.0601. The van der Waals surface area contributed by atoms with Gasteiger partial charge in [-0.25, -0.2) is 9.78 Å². The van der Waals surface area contributed by atoms with Crippen molar-refractivity contribution in [1.82, 2.24) is 9.88 Å². The lowest BCUT2D eigenvalue weighted by Gasteiger charge is -2.35. The molecule has 0 amide bonds. The van der Waals surface area contributed by atoms with E-state index in [-0.39, 0.29) is 5.97 Å². The summed E-state index contributed by atoms with van der Waals surface area (Å²) >= 11 is 4.92. The highest BCUT2D eigenvalue weighted by Gasteiger charge is 2.22. The fraction of sp³-hybridized carbons (Fsp3) is 0.462. The molecular weight excluding hydrogens is 276 g/mol. The molecule has 0 unspecified atom stereocenters. The lowest BCUT2D eigenvalue weighted by Crippen LogP contribution is -2.49. The van der Waals surface area contributed by atoms with Gasteiger partial charge >= 0.3 is 5.97 Å². The molecule has 6 nitrogen and oxygen atoms in total. The molecule has 1 aromatic rings. The Morgan fingerprint density at radius 3 is 2.75 bits per heavy atom. The van der Waals surface area contributed by atoms with E-state index in [9.17, 15) is 4.79 Å². The molecule has 1 saturated heterocycles. The standard InChI is InChI=1S/C13H18N4O2S/c1-19-13(18)10-3-2-4-15-12(10)17-7-5-16(6-8-17)9-11(14)20/h2-4H,5-9H2,1H3,(H2,14,20). The van der Waals surface area contributed by atoms with Gasteiger partial charge in [-0.3, -0.25) is 4.90 Å². The molecule has 0 atom stereocenters. The number of hydrogen-bond donors (Lipinski definition) is 1. The van der Waals surface area contributed by atoms with Gasteiger partial charge in [-0.15, -0.1) is 0 Å². The van der Waals surface area contributed by atoms with Crippen molar-refractivity contribution in [2.24, 2.45) is 5.73 Å². The van der Waals surface area contributed by atoms with Crippen LogP contribution in [-0.2, 0) is 4.74 Å². The quantitative estimate of drug-likeness (QED) is 0.631. The molecule has 1 aliphatic heterocycles. The third-order valence-electron chi connectivity index (χ3n) is 3.24. The van der Waals surface area contributed by atoms with Crippen molar-refractivity contribution in [3.8, 4) is 0 Å². The van der Waals surface area contributed by atoms with Crippen molar-refractivity contribution in [1.29, 1.82) is 0 Å². The average Bonchev–Trinajstić information content (AvgIpc) is 2.46. The Hall–Kier alpha value is -1.73. The largest absolute Gasteiger partial charge is 0.465 e. The number of carbonyl (C=O) groups excluding carboxylic acids is 1. The van der Waals surface area contributed by atoms with Crippen LogP contribution in [0.4, 0.5) is 5.82 Å². The van der Waals surface area contributed by atoms with Gasteiger partial charge in [-0.05, 0) is 12.1 Å². The van der Waals surface area contributed by atoms with Crippen LogP contribution in [0.3, 0.4) is 0 Å².